The van der Waals surface area contributed by atoms with E-state index in [9.17, 15) is 5.11 Å². The average molecular weight is 337 g/mol. The number of hydrogen-bond acceptors (Lipinski definition) is 6. The van der Waals surface area contributed by atoms with Crippen molar-refractivity contribution in [3.63, 3.8) is 0 Å². The van der Waals surface area contributed by atoms with Gasteiger partial charge in [0.2, 0.25) is 0 Å². The number of rotatable bonds is 3. The van der Waals surface area contributed by atoms with Crippen LogP contribution in [0.2, 0.25) is 0 Å². The van der Waals surface area contributed by atoms with E-state index in [0.29, 0.717) is 12.8 Å². The Morgan fingerprint density at radius 3 is 2.45 bits per heavy atom. The maximum absolute atomic E-state index is 11.0. The first-order chi connectivity index (χ1) is 10.6. The predicted molar refractivity (Wildman–Crippen MR) is 89.6 cm³/mol. The van der Waals surface area contributed by atoms with Gasteiger partial charge in [-0.1, -0.05) is 0 Å². The lowest BCUT2D eigenvalue weighted by atomic mass is 9.77. The monoisotopic (exact) mass is 337 g/mol. The highest BCUT2D eigenvalue weighted by molar-refractivity contribution is 8.20. The molecule has 0 radical (unpaired) electrons. The highest BCUT2D eigenvalue weighted by atomic mass is 32.2. The first-order valence-electron chi connectivity index (χ1n) is 7.19. The lowest BCUT2D eigenvalue weighted by Gasteiger charge is -2.43. The molecule has 1 fully saturated rings. The van der Waals surface area contributed by atoms with Crippen LogP contribution in [0.1, 0.15) is 24.0 Å². The van der Waals surface area contributed by atoms with E-state index in [0.717, 1.165) is 34.1 Å². The summed E-state index contributed by atoms with van der Waals surface area (Å²) in [5.41, 5.74) is 1.10. The normalized spacial score (nSPS) is 25.5. The third-order valence-corrected chi connectivity index (χ3v) is 7.69. The standard InChI is InChI=1S/C16H19NO3S2/c1-19-12-3-4-13(20-2)14-11(12)9-15(18,5-6-17)10-16(14)21-7-8-22-16/h3-4,18H,5,7-10H2,1-2H3/t15-/m1/s1. The summed E-state index contributed by atoms with van der Waals surface area (Å²) in [6.45, 7) is 0. The Hall–Kier alpha value is -1.03. The van der Waals surface area contributed by atoms with Crippen LogP contribution in [-0.2, 0) is 10.5 Å². The molecule has 1 spiro atoms. The Labute approximate surface area is 139 Å². The van der Waals surface area contributed by atoms with Gasteiger partial charge < -0.3 is 14.6 Å². The van der Waals surface area contributed by atoms with Gasteiger partial charge in [-0.3, -0.25) is 0 Å². The fourth-order valence-corrected chi connectivity index (χ4v) is 7.09. The summed E-state index contributed by atoms with van der Waals surface area (Å²) < 4.78 is 10.9. The summed E-state index contributed by atoms with van der Waals surface area (Å²) >= 11 is 3.69. The molecule has 0 bridgehead atoms. The molecule has 1 saturated heterocycles. The minimum Gasteiger partial charge on any atom is -0.496 e. The summed E-state index contributed by atoms with van der Waals surface area (Å²) in [5.74, 6) is 3.68. The Morgan fingerprint density at radius 2 is 1.86 bits per heavy atom. The smallest absolute Gasteiger partial charge is 0.124 e. The van der Waals surface area contributed by atoms with Gasteiger partial charge in [0.05, 0.1) is 36.4 Å². The molecule has 118 valence electrons. The van der Waals surface area contributed by atoms with Crippen LogP contribution >= 0.6 is 23.5 Å². The van der Waals surface area contributed by atoms with Crippen molar-refractivity contribution in [2.45, 2.75) is 28.9 Å². The summed E-state index contributed by atoms with van der Waals surface area (Å²) in [6.07, 6.45) is 1.13. The molecule has 1 aromatic carbocycles. The van der Waals surface area contributed by atoms with E-state index in [1.165, 1.54) is 0 Å². The first-order valence-corrected chi connectivity index (χ1v) is 9.16. The second-order valence-electron chi connectivity index (χ2n) is 5.69. The van der Waals surface area contributed by atoms with Crippen molar-refractivity contribution in [3.8, 4) is 17.6 Å². The number of nitriles is 1. The van der Waals surface area contributed by atoms with E-state index in [4.69, 9.17) is 14.7 Å². The van der Waals surface area contributed by atoms with E-state index in [-0.39, 0.29) is 10.5 Å². The molecular weight excluding hydrogens is 318 g/mol. The Bertz CT molecular complexity index is 623. The van der Waals surface area contributed by atoms with Gasteiger partial charge in [-0.25, -0.2) is 0 Å². The second-order valence-corrected chi connectivity index (χ2v) is 8.73. The Balaban J connectivity index is 2.21. The zero-order valence-electron chi connectivity index (χ0n) is 12.7. The maximum atomic E-state index is 11.0. The van der Waals surface area contributed by atoms with Crippen molar-refractivity contribution in [2.24, 2.45) is 0 Å². The quantitative estimate of drug-likeness (QED) is 0.915. The Morgan fingerprint density at radius 1 is 1.23 bits per heavy atom. The summed E-state index contributed by atoms with van der Waals surface area (Å²) in [5, 5.41) is 20.1. The molecule has 6 heteroatoms. The first kappa shape index (κ1) is 15.9. The molecule has 1 aromatic rings. The van der Waals surface area contributed by atoms with Crippen LogP contribution in [0.3, 0.4) is 0 Å². The van der Waals surface area contributed by atoms with Crippen LogP contribution in [0.5, 0.6) is 11.5 Å². The maximum Gasteiger partial charge on any atom is 0.124 e. The number of thioether (sulfide) groups is 2. The van der Waals surface area contributed by atoms with Crippen molar-refractivity contribution in [1.29, 1.82) is 5.26 Å². The van der Waals surface area contributed by atoms with Gasteiger partial charge >= 0.3 is 0 Å². The molecule has 4 nitrogen and oxygen atoms in total. The molecule has 1 N–H and O–H groups in total. The molecule has 0 saturated carbocycles. The van der Waals surface area contributed by atoms with Crippen molar-refractivity contribution < 1.29 is 14.6 Å². The number of methoxy groups -OCH3 is 2. The largest absolute Gasteiger partial charge is 0.496 e. The van der Waals surface area contributed by atoms with Gasteiger partial charge in [-0.2, -0.15) is 5.26 Å². The highest BCUT2D eigenvalue weighted by Gasteiger charge is 2.52. The van der Waals surface area contributed by atoms with Crippen LogP contribution in [0.25, 0.3) is 0 Å². The zero-order valence-corrected chi connectivity index (χ0v) is 14.4. The van der Waals surface area contributed by atoms with Gasteiger partial charge in [-0.15, -0.1) is 23.5 Å². The molecule has 1 heterocycles. The number of ether oxygens (including phenoxy) is 2. The van der Waals surface area contributed by atoms with E-state index in [1.807, 2.05) is 35.7 Å². The minimum absolute atomic E-state index is 0.135. The molecule has 22 heavy (non-hydrogen) atoms. The summed E-state index contributed by atoms with van der Waals surface area (Å²) in [4.78, 5) is 0. The molecule has 2 aliphatic rings. The molecular formula is C16H19NO3S2. The molecule has 3 rings (SSSR count). The summed E-state index contributed by atoms with van der Waals surface area (Å²) in [6, 6.07) is 5.96. The van der Waals surface area contributed by atoms with Crippen LogP contribution in [-0.4, -0.2) is 36.4 Å². The van der Waals surface area contributed by atoms with Gasteiger partial charge in [0.1, 0.15) is 11.5 Å². The van der Waals surface area contributed by atoms with Crippen molar-refractivity contribution in [2.75, 3.05) is 25.7 Å². The van der Waals surface area contributed by atoms with Crippen molar-refractivity contribution in [1.82, 2.24) is 0 Å². The minimum atomic E-state index is -1.01. The third kappa shape index (κ3) is 2.45. The van der Waals surface area contributed by atoms with Crippen molar-refractivity contribution in [3.05, 3.63) is 23.3 Å². The molecule has 0 amide bonds. The summed E-state index contributed by atoms with van der Waals surface area (Å²) in [7, 11) is 3.32. The fourth-order valence-electron chi connectivity index (χ4n) is 3.45. The van der Waals surface area contributed by atoms with E-state index in [2.05, 4.69) is 6.07 Å². The Kier molecular flexibility index (Phi) is 4.23. The average Bonchev–Trinajstić information content (AvgIpc) is 2.94. The van der Waals surface area contributed by atoms with Gasteiger partial charge in [0, 0.05) is 35.5 Å². The van der Waals surface area contributed by atoms with Crippen LogP contribution in [0.4, 0.5) is 0 Å². The number of aliphatic hydroxyl groups is 1. The van der Waals surface area contributed by atoms with E-state index >= 15 is 0 Å². The number of hydrogen-bond donors (Lipinski definition) is 1. The fraction of sp³-hybridized carbons (Fsp3) is 0.562. The molecule has 0 aromatic heterocycles. The SMILES string of the molecule is COc1ccc(OC)c2c1C[C@](O)(CC#N)CC21SCCS1. The third-order valence-electron chi connectivity index (χ3n) is 4.28. The van der Waals surface area contributed by atoms with Gasteiger partial charge in [-0.05, 0) is 12.1 Å². The van der Waals surface area contributed by atoms with E-state index < -0.39 is 5.60 Å². The van der Waals surface area contributed by atoms with Crippen LogP contribution < -0.4 is 9.47 Å². The molecule has 1 atom stereocenters. The molecule has 0 unspecified atom stereocenters. The van der Waals surface area contributed by atoms with Crippen LogP contribution in [0, 0.1) is 11.3 Å². The van der Waals surface area contributed by atoms with Gasteiger partial charge in [0.25, 0.3) is 0 Å². The lowest BCUT2D eigenvalue weighted by molar-refractivity contribution is 0.0260. The van der Waals surface area contributed by atoms with Gasteiger partial charge in [0.15, 0.2) is 0 Å². The molecule has 1 aliphatic carbocycles. The second kappa shape index (κ2) is 5.88. The number of nitrogens with zero attached hydrogens (tertiary/aromatic N) is 1. The number of fused-ring (bicyclic) bond motifs is 2. The van der Waals surface area contributed by atoms with E-state index in [1.54, 1.807) is 14.2 Å². The van der Waals surface area contributed by atoms with Crippen LogP contribution in [0.15, 0.2) is 12.1 Å². The molecule has 1 aliphatic heterocycles. The topological polar surface area (TPSA) is 62.5 Å². The highest BCUT2D eigenvalue weighted by Crippen LogP contribution is 2.63. The predicted octanol–water partition coefficient (Wildman–Crippen LogP) is 2.93. The zero-order chi connectivity index (χ0) is 15.8. The van der Waals surface area contributed by atoms with Crippen molar-refractivity contribution >= 4 is 23.5 Å². The number of benzene rings is 1. The lowest BCUT2D eigenvalue weighted by Crippen LogP contribution is -2.43.